The van der Waals surface area contributed by atoms with Gasteiger partial charge >= 0.3 is 0 Å². The van der Waals surface area contributed by atoms with Gasteiger partial charge < -0.3 is 0 Å². The standard InChI is InChI=1S/C7H7N.H2S/c1-2-7-5-3-4-6-8-7;/h2-6H,1H2;1H2. The molecule has 0 amide bonds. The first-order chi connectivity index (χ1) is 3.93. The molecule has 0 fully saturated rings. The van der Waals surface area contributed by atoms with Crippen LogP contribution in [0.4, 0.5) is 0 Å². The van der Waals surface area contributed by atoms with E-state index in [-0.39, 0.29) is 13.5 Å². The zero-order chi connectivity index (χ0) is 5.82. The van der Waals surface area contributed by atoms with Crippen molar-refractivity contribution in [3.8, 4) is 0 Å². The van der Waals surface area contributed by atoms with E-state index in [9.17, 15) is 0 Å². The molecule has 1 aromatic rings. The molecule has 0 unspecified atom stereocenters. The van der Waals surface area contributed by atoms with Gasteiger partial charge in [-0.2, -0.15) is 13.5 Å². The topological polar surface area (TPSA) is 12.9 Å². The normalized spacial score (nSPS) is 7.56. The van der Waals surface area contributed by atoms with E-state index in [4.69, 9.17) is 0 Å². The van der Waals surface area contributed by atoms with Gasteiger partial charge in [0, 0.05) is 6.20 Å². The smallest absolute Gasteiger partial charge is 0.0623 e. The second-order valence-corrected chi connectivity index (χ2v) is 1.46. The lowest BCUT2D eigenvalue weighted by molar-refractivity contribution is 1.30. The summed E-state index contributed by atoms with van der Waals surface area (Å²) in [4.78, 5) is 3.98. The highest BCUT2D eigenvalue weighted by Gasteiger charge is 1.77. The molecule has 0 aliphatic carbocycles. The van der Waals surface area contributed by atoms with Crippen LogP contribution in [0.5, 0.6) is 0 Å². The molecular formula is C7H9NS. The minimum absolute atomic E-state index is 0. The van der Waals surface area contributed by atoms with Crippen molar-refractivity contribution in [2.45, 2.75) is 0 Å². The number of rotatable bonds is 1. The molecule has 1 aromatic heterocycles. The lowest BCUT2D eigenvalue weighted by atomic mass is 10.4. The summed E-state index contributed by atoms with van der Waals surface area (Å²) in [6.07, 6.45) is 3.47. The Morgan fingerprint density at radius 3 is 2.56 bits per heavy atom. The Morgan fingerprint density at radius 2 is 2.22 bits per heavy atom. The first-order valence-electron chi connectivity index (χ1n) is 2.47. The van der Waals surface area contributed by atoms with Gasteiger partial charge in [-0.15, -0.1) is 0 Å². The Hall–Kier alpha value is -0.760. The van der Waals surface area contributed by atoms with Crippen molar-refractivity contribution in [1.29, 1.82) is 0 Å². The molecule has 1 nitrogen and oxygen atoms in total. The molecule has 0 N–H and O–H groups in total. The van der Waals surface area contributed by atoms with E-state index in [1.165, 1.54) is 0 Å². The second-order valence-electron chi connectivity index (χ2n) is 1.46. The number of nitrogens with zero attached hydrogens (tertiary/aromatic N) is 1. The van der Waals surface area contributed by atoms with Crippen molar-refractivity contribution in [2.75, 3.05) is 0 Å². The van der Waals surface area contributed by atoms with Crippen LogP contribution in [0.15, 0.2) is 31.0 Å². The van der Waals surface area contributed by atoms with Crippen LogP contribution in [0.1, 0.15) is 5.69 Å². The monoisotopic (exact) mass is 139 g/mol. The van der Waals surface area contributed by atoms with Gasteiger partial charge in [-0.3, -0.25) is 4.98 Å². The third kappa shape index (κ3) is 2.33. The third-order valence-electron chi connectivity index (χ3n) is 0.897. The summed E-state index contributed by atoms with van der Waals surface area (Å²) in [5, 5.41) is 0. The van der Waals surface area contributed by atoms with Crippen molar-refractivity contribution >= 4 is 19.6 Å². The first-order valence-corrected chi connectivity index (χ1v) is 2.47. The van der Waals surface area contributed by atoms with Crippen molar-refractivity contribution in [1.82, 2.24) is 4.98 Å². The molecule has 0 spiro atoms. The summed E-state index contributed by atoms with van der Waals surface area (Å²) >= 11 is 0. The molecule has 0 aliphatic heterocycles. The molecule has 0 bridgehead atoms. The molecule has 0 aliphatic rings. The lowest BCUT2D eigenvalue weighted by Gasteiger charge is -1.84. The van der Waals surface area contributed by atoms with E-state index in [0.29, 0.717) is 0 Å². The van der Waals surface area contributed by atoms with E-state index >= 15 is 0 Å². The molecule has 0 atom stereocenters. The van der Waals surface area contributed by atoms with E-state index in [1.807, 2.05) is 18.2 Å². The molecule has 1 heterocycles. The minimum Gasteiger partial charge on any atom is -0.257 e. The van der Waals surface area contributed by atoms with Crippen molar-refractivity contribution < 1.29 is 0 Å². The van der Waals surface area contributed by atoms with Gasteiger partial charge in [0.2, 0.25) is 0 Å². The summed E-state index contributed by atoms with van der Waals surface area (Å²) in [6, 6.07) is 5.73. The SMILES string of the molecule is C=Cc1ccccn1.S. The van der Waals surface area contributed by atoms with Gasteiger partial charge in [-0.1, -0.05) is 12.6 Å². The summed E-state index contributed by atoms with van der Waals surface area (Å²) in [7, 11) is 0. The van der Waals surface area contributed by atoms with Gasteiger partial charge in [-0.25, -0.2) is 0 Å². The quantitative estimate of drug-likeness (QED) is 0.578. The van der Waals surface area contributed by atoms with Crippen LogP contribution in [0.25, 0.3) is 6.08 Å². The zero-order valence-corrected chi connectivity index (χ0v) is 6.04. The first kappa shape index (κ1) is 8.24. The molecule has 0 saturated heterocycles. The van der Waals surface area contributed by atoms with Crippen LogP contribution in [-0.2, 0) is 0 Å². The Labute approximate surface area is 61.9 Å². The van der Waals surface area contributed by atoms with Crippen LogP contribution < -0.4 is 0 Å². The highest BCUT2D eigenvalue weighted by atomic mass is 32.1. The van der Waals surface area contributed by atoms with Crippen LogP contribution in [0.3, 0.4) is 0 Å². The molecule has 2 heteroatoms. The number of hydrogen-bond donors (Lipinski definition) is 0. The maximum absolute atomic E-state index is 3.98. The largest absolute Gasteiger partial charge is 0.257 e. The number of aromatic nitrogens is 1. The van der Waals surface area contributed by atoms with Crippen LogP contribution in [0, 0.1) is 0 Å². The van der Waals surface area contributed by atoms with Crippen molar-refractivity contribution in [3.63, 3.8) is 0 Å². The molecule has 9 heavy (non-hydrogen) atoms. The number of pyridine rings is 1. The fourth-order valence-corrected chi connectivity index (χ4v) is 0.497. The van der Waals surface area contributed by atoms with Crippen molar-refractivity contribution in [2.24, 2.45) is 0 Å². The summed E-state index contributed by atoms with van der Waals surface area (Å²) < 4.78 is 0. The van der Waals surface area contributed by atoms with Gasteiger partial charge in [-0.05, 0) is 18.2 Å². The maximum Gasteiger partial charge on any atom is 0.0623 e. The Balaban J connectivity index is 0.000000640. The molecule has 0 saturated carbocycles. The molecular weight excluding hydrogens is 130 g/mol. The Morgan fingerprint density at radius 1 is 1.44 bits per heavy atom. The maximum atomic E-state index is 3.98. The molecule has 48 valence electrons. The lowest BCUT2D eigenvalue weighted by Crippen LogP contribution is -1.73. The average Bonchev–Trinajstić information content (AvgIpc) is 1.90. The molecule has 0 radical (unpaired) electrons. The fraction of sp³-hybridized carbons (Fsp3) is 0. The minimum atomic E-state index is 0. The highest BCUT2D eigenvalue weighted by Crippen LogP contribution is 1.91. The predicted molar refractivity (Wildman–Crippen MR) is 44.7 cm³/mol. The van der Waals surface area contributed by atoms with Crippen LogP contribution in [0.2, 0.25) is 0 Å². The van der Waals surface area contributed by atoms with Gasteiger partial charge in [0.15, 0.2) is 0 Å². The van der Waals surface area contributed by atoms with Crippen LogP contribution in [-0.4, -0.2) is 4.98 Å². The molecule has 0 aromatic carbocycles. The van der Waals surface area contributed by atoms with E-state index < -0.39 is 0 Å². The fourth-order valence-electron chi connectivity index (χ4n) is 0.497. The van der Waals surface area contributed by atoms with Gasteiger partial charge in [0.25, 0.3) is 0 Å². The summed E-state index contributed by atoms with van der Waals surface area (Å²) in [6.45, 7) is 3.57. The highest BCUT2D eigenvalue weighted by molar-refractivity contribution is 7.59. The Bertz CT molecular complexity index is 172. The van der Waals surface area contributed by atoms with E-state index in [2.05, 4.69) is 11.6 Å². The van der Waals surface area contributed by atoms with Gasteiger partial charge in [0.1, 0.15) is 0 Å². The van der Waals surface area contributed by atoms with Crippen molar-refractivity contribution in [3.05, 3.63) is 36.7 Å². The van der Waals surface area contributed by atoms with E-state index in [0.717, 1.165) is 5.69 Å². The predicted octanol–water partition coefficient (Wildman–Crippen LogP) is 1.84. The Kier molecular flexibility index (Phi) is 3.80. The number of hydrogen-bond acceptors (Lipinski definition) is 1. The average molecular weight is 139 g/mol. The molecule has 1 rings (SSSR count). The second kappa shape index (κ2) is 4.15. The summed E-state index contributed by atoms with van der Waals surface area (Å²) in [5.41, 5.74) is 0.924. The third-order valence-corrected chi connectivity index (χ3v) is 0.897. The zero-order valence-electron chi connectivity index (χ0n) is 5.04. The van der Waals surface area contributed by atoms with E-state index in [1.54, 1.807) is 12.3 Å². The van der Waals surface area contributed by atoms with Crippen LogP contribution >= 0.6 is 13.5 Å². The summed E-state index contributed by atoms with van der Waals surface area (Å²) in [5.74, 6) is 0. The van der Waals surface area contributed by atoms with Gasteiger partial charge in [0.05, 0.1) is 5.69 Å².